The van der Waals surface area contributed by atoms with Crippen LogP contribution in [0.3, 0.4) is 0 Å². The highest BCUT2D eigenvalue weighted by Crippen LogP contribution is 2.29. The van der Waals surface area contributed by atoms with Gasteiger partial charge in [0.05, 0.1) is 31.0 Å². The lowest BCUT2D eigenvalue weighted by Gasteiger charge is -2.10. The molecule has 0 radical (unpaired) electrons. The van der Waals surface area contributed by atoms with Gasteiger partial charge in [0, 0.05) is 5.69 Å². The van der Waals surface area contributed by atoms with E-state index >= 15 is 0 Å². The summed E-state index contributed by atoms with van der Waals surface area (Å²) in [5.74, 6) is 0.807. The van der Waals surface area contributed by atoms with Crippen molar-refractivity contribution >= 4 is 46.8 Å². The summed E-state index contributed by atoms with van der Waals surface area (Å²) >= 11 is 11.3. The lowest BCUT2D eigenvalue weighted by atomic mass is 10.2. The Hall–Kier alpha value is -3.62. The zero-order chi connectivity index (χ0) is 22.9. The molecule has 0 fully saturated rings. The number of nitrogens with zero attached hydrogens (tertiary/aromatic N) is 1. The van der Waals surface area contributed by atoms with Crippen molar-refractivity contribution in [3.05, 3.63) is 82.9 Å². The Kier molecular flexibility index (Phi) is 8.02. The molecule has 0 bridgehead atoms. The molecule has 32 heavy (non-hydrogen) atoms. The van der Waals surface area contributed by atoms with Crippen molar-refractivity contribution < 1.29 is 19.0 Å². The summed E-state index contributed by atoms with van der Waals surface area (Å²) in [6, 6.07) is 19.0. The molecule has 0 amide bonds. The van der Waals surface area contributed by atoms with Gasteiger partial charge >= 0.3 is 5.97 Å². The SMILES string of the molecule is COc1ccc(NC(=S)NN=Cc2ccc(OC(=O)c3ccccc3Cl)c(OC)c2)cc1. The van der Waals surface area contributed by atoms with E-state index in [9.17, 15) is 4.79 Å². The van der Waals surface area contributed by atoms with Gasteiger partial charge in [0.2, 0.25) is 0 Å². The summed E-state index contributed by atoms with van der Waals surface area (Å²) in [7, 11) is 3.09. The molecular formula is C23H20ClN3O4S. The van der Waals surface area contributed by atoms with Crippen LogP contribution in [0.15, 0.2) is 71.8 Å². The number of hydrogen-bond donors (Lipinski definition) is 2. The van der Waals surface area contributed by atoms with Crippen molar-refractivity contribution in [2.24, 2.45) is 5.10 Å². The van der Waals surface area contributed by atoms with Crippen molar-refractivity contribution in [2.75, 3.05) is 19.5 Å². The summed E-state index contributed by atoms with van der Waals surface area (Å²) in [5, 5.41) is 7.76. The number of benzene rings is 3. The van der Waals surface area contributed by atoms with Crippen LogP contribution in [0.25, 0.3) is 0 Å². The number of anilines is 1. The smallest absolute Gasteiger partial charge is 0.345 e. The number of esters is 1. The highest BCUT2D eigenvalue weighted by atomic mass is 35.5. The number of thiocarbonyl (C=S) groups is 1. The number of carbonyl (C=O) groups is 1. The largest absolute Gasteiger partial charge is 0.497 e. The average Bonchev–Trinajstić information content (AvgIpc) is 2.80. The molecular weight excluding hydrogens is 450 g/mol. The monoisotopic (exact) mass is 469 g/mol. The van der Waals surface area contributed by atoms with Crippen molar-refractivity contribution in [3.63, 3.8) is 0 Å². The van der Waals surface area contributed by atoms with Gasteiger partial charge in [-0.3, -0.25) is 5.43 Å². The molecule has 0 saturated heterocycles. The number of rotatable bonds is 7. The van der Waals surface area contributed by atoms with Gasteiger partial charge in [0.1, 0.15) is 5.75 Å². The Morgan fingerprint density at radius 3 is 2.44 bits per heavy atom. The van der Waals surface area contributed by atoms with Crippen molar-refractivity contribution in [3.8, 4) is 17.2 Å². The summed E-state index contributed by atoms with van der Waals surface area (Å²) in [6.45, 7) is 0. The second-order valence-corrected chi connectivity index (χ2v) is 7.15. The number of nitrogens with one attached hydrogen (secondary N) is 2. The van der Waals surface area contributed by atoms with Crippen LogP contribution >= 0.6 is 23.8 Å². The van der Waals surface area contributed by atoms with E-state index < -0.39 is 5.97 Å². The quantitative estimate of drug-likeness (QED) is 0.167. The number of ether oxygens (including phenoxy) is 3. The topological polar surface area (TPSA) is 81.2 Å². The maximum absolute atomic E-state index is 12.4. The first-order valence-electron chi connectivity index (χ1n) is 9.39. The average molecular weight is 470 g/mol. The molecule has 0 aliphatic rings. The summed E-state index contributed by atoms with van der Waals surface area (Å²) in [6.07, 6.45) is 1.56. The molecule has 3 aromatic carbocycles. The predicted molar refractivity (Wildman–Crippen MR) is 129 cm³/mol. The lowest BCUT2D eigenvalue weighted by Crippen LogP contribution is -2.23. The maximum Gasteiger partial charge on any atom is 0.345 e. The van der Waals surface area contributed by atoms with E-state index in [0.717, 1.165) is 11.4 Å². The Bertz CT molecular complexity index is 1140. The fraction of sp³-hybridized carbons (Fsp3) is 0.0870. The Balaban J connectivity index is 1.61. The minimum Gasteiger partial charge on any atom is -0.497 e. The van der Waals surface area contributed by atoms with Gasteiger partial charge in [-0.25, -0.2) is 4.79 Å². The van der Waals surface area contributed by atoms with Crippen LogP contribution in [0.5, 0.6) is 17.2 Å². The van der Waals surface area contributed by atoms with E-state index in [1.165, 1.54) is 7.11 Å². The predicted octanol–water partition coefficient (Wildman–Crippen LogP) is 4.90. The molecule has 0 spiro atoms. The molecule has 0 aliphatic carbocycles. The first kappa shape index (κ1) is 23.1. The third-order valence-corrected chi connectivity index (χ3v) is 4.73. The molecule has 0 saturated carbocycles. The minimum absolute atomic E-state index is 0.263. The Morgan fingerprint density at radius 2 is 1.75 bits per heavy atom. The summed E-state index contributed by atoms with van der Waals surface area (Å²) in [4.78, 5) is 12.4. The molecule has 3 rings (SSSR count). The van der Waals surface area contributed by atoms with Gasteiger partial charge in [0.25, 0.3) is 0 Å². The summed E-state index contributed by atoms with van der Waals surface area (Å²) in [5.41, 5.74) is 4.51. The van der Waals surface area contributed by atoms with Crippen LogP contribution in [0.1, 0.15) is 15.9 Å². The number of carbonyl (C=O) groups excluding carboxylic acids is 1. The Morgan fingerprint density at radius 1 is 1.00 bits per heavy atom. The zero-order valence-electron chi connectivity index (χ0n) is 17.3. The lowest BCUT2D eigenvalue weighted by molar-refractivity contribution is 0.0730. The molecule has 3 aromatic rings. The zero-order valence-corrected chi connectivity index (χ0v) is 18.9. The van der Waals surface area contributed by atoms with Crippen molar-refractivity contribution in [1.29, 1.82) is 0 Å². The molecule has 0 unspecified atom stereocenters. The van der Waals surface area contributed by atoms with Crippen LogP contribution in [-0.4, -0.2) is 31.5 Å². The molecule has 0 atom stereocenters. The van der Waals surface area contributed by atoms with Crippen LogP contribution in [-0.2, 0) is 0 Å². The van der Waals surface area contributed by atoms with Crippen LogP contribution in [0.2, 0.25) is 5.02 Å². The standard InChI is InChI=1S/C23H20ClN3O4S/c1-29-17-10-8-16(9-11-17)26-23(32)27-25-14-15-7-12-20(21(13-15)30-2)31-22(28)18-5-3-4-6-19(18)24/h3-14H,1-2H3,(H2,26,27,32). The van der Waals surface area contributed by atoms with E-state index in [-0.39, 0.29) is 11.3 Å². The molecule has 9 heteroatoms. The minimum atomic E-state index is -0.577. The number of methoxy groups -OCH3 is 2. The molecule has 0 aromatic heterocycles. The molecule has 0 heterocycles. The van der Waals surface area contributed by atoms with E-state index in [4.69, 9.17) is 38.0 Å². The van der Waals surface area contributed by atoms with Crippen LogP contribution in [0, 0.1) is 0 Å². The second-order valence-electron chi connectivity index (χ2n) is 6.33. The molecule has 0 aliphatic heterocycles. The number of hydrazone groups is 1. The first-order valence-corrected chi connectivity index (χ1v) is 10.2. The maximum atomic E-state index is 12.4. The van der Waals surface area contributed by atoms with Gasteiger partial charge < -0.3 is 19.5 Å². The third kappa shape index (κ3) is 6.19. The highest BCUT2D eigenvalue weighted by molar-refractivity contribution is 7.80. The normalized spacial score (nSPS) is 10.5. The van der Waals surface area contributed by atoms with E-state index in [1.807, 2.05) is 24.3 Å². The number of hydrogen-bond acceptors (Lipinski definition) is 6. The van der Waals surface area contributed by atoms with Gasteiger partial charge in [-0.15, -0.1) is 0 Å². The van der Waals surface area contributed by atoms with E-state index in [2.05, 4.69) is 15.8 Å². The van der Waals surface area contributed by atoms with Crippen LogP contribution < -0.4 is 25.0 Å². The number of halogens is 1. The van der Waals surface area contributed by atoms with Gasteiger partial charge in [-0.2, -0.15) is 5.10 Å². The van der Waals surface area contributed by atoms with E-state index in [1.54, 1.807) is 55.8 Å². The van der Waals surface area contributed by atoms with Gasteiger partial charge in [-0.05, 0) is 72.4 Å². The summed E-state index contributed by atoms with van der Waals surface area (Å²) < 4.78 is 15.9. The van der Waals surface area contributed by atoms with Crippen molar-refractivity contribution in [1.82, 2.24) is 5.43 Å². The van der Waals surface area contributed by atoms with Gasteiger partial charge in [-0.1, -0.05) is 23.7 Å². The fourth-order valence-corrected chi connectivity index (χ4v) is 3.01. The molecule has 7 nitrogen and oxygen atoms in total. The van der Waals surface area contributed by atoms with Gasteiger partial charge in [0.15, 0.2) is 16.6 Å². The first-order chi connectivity index (χ1) is 15.5. The van der Waals surface area contributed by atoms with Crippen molar-refractivity contribution in [2.45, 2.75) is 0 Å². The van der Waals surface area contributed by atoms with E-state index in [0.29, 0.717) is 21.4 Å². The van der Waals surface area contributed by atoms with Crippen LogP contribution in [0.4, 0.5) is 5.69 Å². The molecule has 2 N–H and O–H groups in total. The Labute approximate surface area is 195 Å². The fourth-order valence-electron chi connectivity index (χ4n) is 2.63. The highest BCUT2D eigenvalue weighted by Gasteiger charge is 2.15. The third-order valence-electron chi connectivity index (χ3n) is 4.21. The molecule has 164 valence electrons. The second kappa shape index (κ2) is 11.1.